The molecule has 0 aromatic heterocycles. The SMILES string of the molecule is C=C(NNC(=O)c1cc(S(=O)(=O)NCCC)ccc1OCC)C(N)=O. The van der Waals surface area contributed by atoms with Gasteiger partial charge in [0.05, 0.1) is 17.1 Å². The predicted molar refractivity (Wildman–Crippen MR) is 92.0 cm³/mol. The number of hydrogen-bond acceptors (Lipinski definition) is 6. The standard InChI is InChI=1S/C15H22N4O5S/c1-4-8-17-25(22,23)11-6-7-13(24-5-2)12(9-11)15(21)19-18-10(3)14(16)20/h6-7,9,17-18H,3-5,8H2,1-2H3,(H2,16,20)(H,19,21). The van der Waals surface area contributed by atoms with Crippen LogP contribution in [-0.4, -0.2) is 33.4 Å². The van der Waals surface area contributed by atoms with Crippen LogP contribution < -0.4 is 26.0 Å². The number of carbonyl (C=O) groups excluding carboxylic acids is 2. The van der Waals surface area contributed by atoms with E-state index in [0.717, 1.165) is 0 Å². The first-order valence-electron chi connectivity index (χ1n) is 7.54. The van der Waals surface area contributed by atoms with Crippen LogP contribution in [-0.2, 0) is 14.8 Å². The van der Waals surface area contributed by atoms with Gasteiger partial charge >= 0.3 is 0 Å². The fourth-order valence-electron chi connectivity index (χ4n) is 1.72. The van der Waals surface area contributed by atoms with Crippen molar-refractivity contribution in [3.05, 3.63) is 36.0 Å². The van der Waals surface area contributed by atoms with Crippen LogP contribution in [0, 0.1) is 0 Å². The lowest BCUT2D eigenvalue weighted by molar-refractivity contribution is -0.114. The molecule has 9 nitrogen and oxygen atoms in total. The molecule has 0 saturated carbocycles. The number of nitrogens with two attached hydrogens (primary N) is 1. The fourth-order valence-corrected chi connectivity index (χ4v) is 2.88. The van der Waals surface area contributed by atoms with Gasteiger partial charge in [-0.05, 0) is 31.5 Å². The Balaban J connectivity index is 3.13. The van der Waals surface area contributed by atoms with Crippen molar-refractivity contribution < 1.29 is 22.7 Å². The Kier molecular flexibility index (Phi) is 7.40. The Morgan fingerprint density at radius 2 is 1.92 bits per heavy atom. The van der Waals surface area contributed by atoms with Crippen LogP contribution in [0.4, 0.5) is 0 Å². The van der Waals surface area contributed by atoms with E-state index in [2.05, 4.69) is 22.2 Å². The molecule has 25 heavy (non-hydrogen) atoms. The van der Waals surface area contributed by atoms with Gasteiger partial charge in [0.25, 0.3) is 11.8 Å². The number of primary amides is 1. The second-order valence-electron chi connectivity index (χ2n) is 4.91. The van der Waals surface area contributed by atoms with Crippen LogP contribution in [0.3, 0.4) is 0 Å². The summed E-state index contributed by atoms with van der Waals surface area (Å²) in [6.07, 6.45) is 0.628. The number of rotatable bonds is 10. The first-order valence-corrected chi connectivity index (χ1v) is 9.02. The first kappa shape index (κ1) is 20.5. The predicted octanol–water partition coefficient (Wildman–Crippen LogP) is 0.00700. The zero-order valence-electron chi connectivity index (χ0n) is 14.1. The summed E-state index contributed by atoms with van der Waals surface area (Å²) >= 11 is 0. The number of nitrogens with one attached hydrogen (secondary N) is 3. The lowest BCUT2D eigenvalue weighted by Crippen LogP contribution is -2.40. The van der Waals surface area contributed by atoms with Crippen molar-refractivity contribution in [3.8, 4) is 5.75 Å². The van der Waals surface area contributed by atoms with Crippen LogP contribution in [0.5, 0.6) is 5.75 Å². The van der Waals surface area contributed by atoms with Crippen LogP contribution >= 0.6 is 0 Å². The Morgan fingerprint density at radius 1 is 1.24 bits per heavy atom. The second-order valence-corrected chi connectivity index (χ2v) is 6.68. The average Bonchev–Trinajstić information content (AvgIpc) is 2.57. The lowest BCUT2D eigenvalue weighted by atomic mass is 10.2. The van der Waals surface area contributed by atoms with Gasteiger partial charge in [-0.15, -0.1) is 0 Å². The third kappa shape index (κ3) is 5.76. The van der Waals surface area contributed by atoms with E-state index in [1.54, 1.807) is 6.92 Å². The van der Waals surface area contributed by atoms with Crippen LogP contribution in [0.2, 0.25) is 0 Å². The molecular weight excluding hydrogens is 348 g/mol. The van der Waals surface area contributed by atoms with E-state index in [4.69, 9.17) is 10.5 Å². The molecule has 0 saturated heterocycles. The minimum Gasteiger partial charge on any atom is -0.493 e. The molecule has 0 fully saturated rings. The molecule has 138 valence electrons. The maximum Gasteiger partial charge on any atom is 0.273 e. The summed E-state index contributed by atoms with van der Waals surface area (Å²) in [5.74, 6) is -1.36. The minimum absolute atomic E-state index is 0.0222. The molecule has 0 atom stereocenters. The molecule has 0 unspecified atom stereocenters. The van der Waals surface area contributed by atoms with Gasteiger partial charge in [-0.1, -0.05) is 13.5 Å². The number of sulfonamides is 1. The van der Waals surface area contributed by atoms with Crippen molar-refractivity contribution in [1.82, 2.24) is 15.6 Å². The molecule has 0 aliphatic heterocycles. The van der Waals surface area contributed by atoms with Crippen molar-refractivity contribution in [3.63, 3.8) is 0 Å². The number of carbonyl (C=O) groups is 2. The third-order valence-electron chi connectivity index (χ3n) is 2.97. The third-order valence-corrected chi connectivity index (χ3v) is 4.43. The topological polar surface area (TPSA) is 140 Å². The Hall–Kier alpha value is -2.59. The molecule has 0 aliphatic carbocycles. The van der Waals surface area contributed by atoms with Crippen LogP contribution in [0.1, 0.15) is 30.6 Å². The summed E-state index contributed by atoms with van der Waals surface area (Å²) in [5, 5.41) is 0. The molecule has 0 heterocycles. The van der Waals surface area contributed by atoms with E-state index in [9.17, 15) is 18.0 Å². The summed E-state index contributed by atoms with van der Waals surface area (Å²) in [7, 11) is -3.75. The van der Waals surface area contributed by atoms with E-state index in [1.165, 1.54) is 18.2 Å². The molecule has 0 spiro atoms. The van der Waals surface area contributed by atoms with Crippen molar-refractivity contribution in [2.45, 2.75) is 25.2 Å². The second kappa shape index (κ2) is 9.04. The summed E-state index contributed by atoms with van der Waals surface area (Å²) in [5.41, 5.74) is 9.23. The molecule has 10 heteroatoms. The van der Waals surface area contributed by atoms with Gasteiger partial charge in [0, 0.05) is 6.54 Å². The molecule has 2 amide bonds. The average molecular weight is 370 g/mol. The highest BCUT2D eigenvalue weighted by atomic mass is 32.2. The molecule has 0 radical (unpaired) electrons. The van der Waals surface area contributed by atoms with Crippen molar-refractivity contribution in [2.24, 2.45) is 5.73 Å². The zero-order valence-corrected chi connectivity index (χ0v) is 14.9. The number of hydrogen-bond donors (Lipinski definition) is 4. The van der Waals surface area contributed by atoms with Crippen LogP contribution in [0.15, 0.2) is 35.4 Å². The van der Waals surface area contributed by atoms with Crippen molar-refractivity contribution in [1.29, 1.82) is 0 Å². The minimum atomic E-state index is -3.75. The fraction of sp³-hybridized carbons (Fsp3) is 0.333. The number of benzene rings is 1. The van der Waals surface area contributed by atoms with E-state index < -0.39 is 21.8 Å². The Morgan fingerprint density at radius 3 is 2.48 bits per heavy atom. The zero-order chi connectivity index (χ0) is 19.0. The van der Waals surface area contributed by atoms with Crippen LogP contribution in [0.25, 0.3) is 0 Å². The van der Waals surface area contributed by atoms with Gasteiger partial charge in [-0.3, -0.25) is 20.4 Å². The molecule has 1 aromatic carbocycles. The van der Waals surface area contributed by atoms with Gasteiger partial charge in [0.15, 0.2) is 0 Å². The van der Waals surface area contributed by atoms with E-state index in [-0.39, 0.29) is 35.1 Å². The van der Waals surface area contributed by atoms with Crippen molar-refractivity contribution in [2.75, 3.05) is 13.2 Å². The largest absolute Gasteiger partial charge is 0.493 e. The molecule has 5 N–H and O–H groups in total. The maximum absolute atomic E-state index is 12.3. The smallest absolute Gasteiger partial charge is 0.273 e. The molecule has 0 bridgehead atoms. The van der Waals surface area contributed by atoms with Gasteiger partial charge in [0.2, 0.25) is 10.0 Å². The van der Waals surface area contributed by atoms with Crippen molar-refractivity contribution >= 4 is 21.8 Å². The summed E-state index contributed by atoms with van der Waals surface area (Å²) in [4.78, 5) is 23.1. The summed E-state index contributed by atoms with van der Waals surface area (Å²) < 4.78 is 32.2. The number of amides is 2. The van der Waals surface area contributed by atoms with Gasteiger partial charge in [0.1, 0.15) is 11.4 Å². The first-order chi connectivity index (χ1) is 11.7. The molecule has 0 aliphatic rings. The quantitative estimate of drug-likeness (QED) is 0.338. The van der Waals surface area contributed by atoms with E-state index in [0.29, 0.717) is 6.42 Å². The number of hydrazine groups is 1. The van der Waals surface area contributed by atoms with Gasteiger partial charge in [-0.2, -0.15) is 0 Å². The lowest BCUT2D eigenvalue weighted by Gasteiger charge is -2.14. The highest BCUT2D eigenvalue weighted by Gasteiger charge is 2.20. The summed E-state index contributed by atoms with van der Waals surface area (Å²) in [6, 6.07) is 3.92. The summed E-state index contributed by atoms with van der Waals surface area (Å²) in [6.45, 7) is 7.44. The highest BCUT2D eigenvalue weighted by molar-refractivity contribution is 7.89. The van der Waals surface area contributed by atoms with E-state index in [1.807, 2.05) is 6.92 Å². The Bertz CT molecular complexity index is 761. The Labute approximate surface area is 146 Å². The monoisotopic (exact) mass is 370 g/mol. The van der Waals surface area contributed by atoms with Gasteiger partial charge < -0.3 is 10.5 Å². The van der Waals surface area contributed by atoms with E-state index >= 15 is 0 Å². The number of ether oxygens (including phenoxy) is 1. The highest BCUT2D eigenvalue weighted by Crippen LogP contribution is 2.23. The molecule has 1 rings (SSSR count). The van der Waals surface area contributed by atoms with Gasteiger partial charge in [-0.25, -0.2) is 13.1 Å². The molecular formula is C15H22N4O5S. The maximum atomic E-state index is 12.3. The normalized spacial score (nSPS) is 10.8. The molecule has 1 aromatic rings.